The van der Waals surface area contributed by atoms with Gasteiger partial charge in [-0.05, 0) is 18.6 Å². The summed E-state index contributed by atoms with van der Waals surface area (Å²) in [5.41, 5.74) is -0.841. The number of aromatic amines is 1. The maximum atomic E-state index is 12.4. The molecule has 9 heteroatoms. The Kier molecular flexibility index (Phi) is 5.03. The fraction of sp³-hybridized carbons (Fsp3) is 0.312. The van der Waals surface area contributed by atoms with Crippen LogP contribution in [0.1, 0.15) is 24.8 Å². The quantitative estimate of drug-likeness (QED) is 0.693. The lowest BCUT2D eigenvalue weighted by Crippen LogP contribution is -2.34. The zero-order valence-corrected chi connectivity index (χ0v) is 14.4. The number of rotatable bonds is 6. The Balaban J connectivity index is 1.76. The van der Waals surface area contributed by atoms with E-state index < -0.39 is 17.0 Å². The summed E-state index contributed by atoms with van der Waals surface area (Å²) in [5, 5.41) is 14.8. The maximum absolute atomic E-state index is 12.4. The van der Waals surface area contributed by atoms with Gasteiger partial charge in [0.25, 0.3) is 11.1 Å². The van der Waals surface area contributed by atoms with Gasteiger partial charge in [-0.3, -0.25) is 24.8 Å². The van der Waals surface area contributed by atoms with Crippen LogP contribution in [0.3, 0.4) is 0 Å². The van der Waals surface area contributed by atoms with E-state index in [1.807, 2.05) is 0 Å². The van der Waals surface area contributed by atoms with Gasteiger partial charge >= 0.3 is 0 Å². The molecule has 130 valence electrons. The van der Waals surface area contributed by atoms with Crippen molar-refractivity contribution >= 4 is 33.1 Å². The normalized spacial score (nSPS) is 10.9. The van der Waals surface area contributed by atoms with E-state index in [0.29, 0.717) is 10.5 Å². The maximum Gasteiger partial charge on any atom is 0.273 e. The molecule has 0 aliphatic rings. The molecule has 3 rings (SSSR count). The summed E-state index contributed by atoms with van der Waals surface area (Å²) in [6.07, 6.45) is 2.89. The number of unbranched alkanes of at least 4 members (excludes halogenated alkanes) is 1. The van der Waals surface area contributed by atoms with E-state index in [2.05, 4.69) is 27.5 Å². The summed E-state index contributed by atoms with van der Waals surface area (Å²) in [5.74, 6) is -0.453. The van der Waals surface area contributed by atoms with Crippen LogP contribution in [0.2, 0.25) is 0 Å². The second-order valence-corrected chi connectivity index (χ2v) is 6.59. The van der Waals surface area contributed by atoms with Crippen molar-refractivity contribution < 1.29 is 4.79 Å². The molecule has 0 unspecified atom stereocenters. The summed E-state index contributed by atoms with van der Waals surface area (Å²) < 4.78 is 0.999. The van der Waals surface area contributed by atoms with Crippen molar-refractivity contribution in [2.24, 2.45) is 0 Å². The summed E-state index contributed by atoms with van der Waals surface area (Å²) >= 11 is 1.31. The van der Waals surface area contributed by atoms with Gasteiger partial charge in [-0.25, -0.2) is 4.68 Å². The molecule has 0 fully saturated rings. The van der Waals surface area contributed by atoms with Gasteiger partial charge in [-0.15, -0.1) is 10.2 Å². The fourth-order valence-electron chi connectivity index (χ4n) is 2.39. The van der Waals surface area contributed by atoms with Crippen molar-refractivity contribution in [1.82, 2.24) is 20.0 Å². The molecular formula is C16H17N5O3S. The molecule has 0 aliphatic carbocycles. The number of aryl methyl sites for hydroxylation is 1. The second kappa shape index (κ2) is 7.39. The Morgan fingerprint density at radius 1 is 1.24 bits per heavy atom. The van der Waals surface area contributed by atoms with Gasteiger partial charge in [0.1, 0.15) is 11.6 Å². The van der Waals surface area contributed by atoms with Crippen LogP contribution in [0.25, 0.3) is 10.8 Å². The zero-order chi connectivity index (χ0) is 17.8. The van der Waals surface area contributed by atoms with Crippen molar-refractivity contribution in [3.63, 3.8) is 0 Å². The molecule has 1 amide bonds. The van der Waals surface area contributed by atoms with Gasteiger partial charge in [-0.2, -0.15) is 0 Å². The lowest BCUT2D eigenvalue weighted by molar-refractivity contribution is -0.117. The van der Waals surface area contributed by atoms with Gasteiger partial charge < -0.3 is 0 Å². The molecule has 2 aromatic heterocycles. The fourth-order valence-corrected chi connectivity index (χ4v) is 3.19. The molecule has 0 aliphatic heterocycles. The Hall–Kier alpha value is -2.81. The largest absolute Gasteiger partial charge is 0.299 e. The highest BCUT2D eigenvalue weighted by atomic mass is 32.1. The number of hydrogen-bond acceptors (Lipinski definition) is 6. The number of carbonyl (C=O) groups is 1. The Morgan fingerprint density at radius 3 is 2.76 bits per heavy atom. The highest BCUT2D eigenvalue weighted by Gasteiger charge is 2.12. The van der Waals surface area contributed by atoms with Crippen molar-refractivity contribution in [3.05, 3.63) is 50.0 Å². The van der Waals surface area contributed by atoms with E-state index in [-0.39, 0.29) is 11.9 Å². The first-order valence-corrected chi connectivity index (χ1v) is 8.74. The van der Waals surface area contributed by atoms with E-state index >= 15 is 0 Å². The van der Waals surface area contributed by atoms with Crippen LogP contribution in [0.15, 0.2) is 33.9 Å². The van der Waals surface area contributed by atoms with Crippen LogP contribution in [-0.2, 0) is 17.8 Å². The number of carbonyl (C=O) groups excluding carboxylic acids is 1. The van der Waals surface area contributed by atoms with Gasteiger partial charge in [0.15, 0.2) is 0 Å². The number of nitrogens with zero attached hydrogens (tertiary/aromatic N) is 3. The van der Waals surface area contributed by atoms with E-state index in [9.17, 15) is 14.4 Å². The van der Waals surface area contributed by atoms with Crippen LogP contribution in [0.4, 0.5) is 5.13 Å². The average Bonchev–Trinajstić information content (AvgIpc) is 3.05. The Morgan fingerprint density at radius 2 is 2.00 bits per heavy atom. The van der Waals surface area contributed by atoms with E-state index in [1.54, 1.807) is 24.3 Å². The van der Waals surface area contributed by atoms with Crippen molar-refractivity contribution in [2.45, 2.75) is 32.7 Å². The van der Waals surface area contributed by atoms with Gasteiger partial charge in [0.2, 0.25) is 11.0 Å². The minimum absolute atomic E-state index is 0.275. The molecule has 1 aromatic carbocycles. The molecule has 8 nitrogen and oxygen atoms in total. The number of fused-ring (bicyclic) bond motifs is 1. The van der Waals surface area contributed by atoms with Gasteiger partial charge in [0, 0.05) is 6.42 Å². The molecule has 2 N–H and O–H groups in total. The molecule has 25 heavy (non-hydrogen) atoms. The number of anilines is 1. The van der Waals surface area contributed by atoms with Crippen molar-refractivity contribution in [3.8, 4) is 0 Å². The number of amides is 1. The molecule has 2 heterocycles. The SMILES string of the molecule is CCCCc1nnc(NC(=O)Cn2[nH]c(=O)c3ccccc3c2=O)s1. The lowest BCUT2D eigenvalue weighted by atomic mass is 10.2. The lowest BCUT2D eigenvalue weighted by Gasteiger charge is -2.06. The third-order valence-corrected chi connectivity index (χ3v) is 4.54. The highest BCUT2D eigenvalue weighted by molar-refractivity contribution is 7.15. The first-order chi connectivity index (χ1) is 12.1. The van der Waals surface area contributed by atoms with Crippen LogP contribution >= 0.6 is 11.3 Å². The number of hydrogen-bond donors (Lipinski definition) is 2. The third-order valence-electron chi connectivity index (χ3n) is 3.64. The first-order valence-electron chi connectivity index (χ1n) is 7.92. The third kappa shape index (κ3) is 3.82. The minimum Gasteiger partial charge on any atom is -0.299 e. The molecule has 0 radical (unpaired) electrons. The van der Waals surface area contributed by atoms with Gasteiger partial charge in [-0.1, -0.05) is 36.8 Å². The first kappa shape index (κ1) is 17.0. The summed E-state index contributed by atoms with van der Waals surface area (Å²) in [6, 6.07) is 6.48. The molecule has 0 spiro atoms. The van der Waals surface area contributed by atoms with Crippen molar-refractivity contribution in [1.29, 1.82) is 0 Å². The number of H-pyrrole nitrogens is 1. The monoisotopic (exact) mass is 359 g/mol. The predicted octanol–water partition coefficient (Wildman–Crippen LogP) is 1.52. The van der Waals surface area contributed by atoms with Crippen LogP contribution in [0, 0.1) is 0 Å². The average molecular weight is 359 g/mol. The summed E-state index contributed by atoms with van der Waals surface area (Å²) in [4.78, 5) is 36.6. The molecule has 0 atom stereocenters. The van der Waals surface area contributed by atoms with E-state index in [1.165, 1.54) is 11.3 Å². The smallest absolute Gasteiger partial charge is 0.273 e. The standard InChI is InChI=1S/C16H17N5O3S/c1-2-3-8-13-18-19-16(25-13)17-12(22)9-21-15(24)11-7-5-4-6-10(11)14(23)20-21/h4-7H,2-3,8-9H2,1H3,(H,20,23)(H,17,19,22). The molecule has 0 bridgehead atoms. The number of benzene rings is 1. The van der Waals surface area contributed by atoms with Crippen LogP contribution < -0.4 is 16.4 Å². The second-order valence-electron chi connectivity index (χ2n) is 5.53. The number of nitrogens with one attached hydrogen (secondary N) is 2. The molecule has 0 saturated heterocycles. The summed E-state index contributed by atoms with van der Waals surface area (Å²) in [6.45, 7) is 1.79. The molecular weight excluding hydrogens is 342 g/mol. The molecule has 3 aromatic rings. The van der Waals surface area contributed by atoms with E-state index in [4.69, 9.17) is 0 Å². The van der Waals surface area contributed by atoms with E-state index in [0.717, 1.165) is 29.0 Å². The summed E-state index contributed by atoms with van der Waals surface area (Å²) in [7, 11) is 0. The topological polar surface area (TPSA) is 110 Å². The predicted molar refractivity (Wildman–Crippen MR) is 96.0 cm³/mol. The Labute approximate surface area is 146 Å². The van der Waals surface area contributed by atoms with Crippen LogP contribution in [-0.4, -0.2) is 25.9 Å². The number of aromatic nitrogens is 4. The van der Waals surface area contributed by atoms with Crippen LogP contribution in [0.5, 0.6) is 0 Å². The van der Waals surface area contributed by atoms with Crippen molar-refractivity contribution in [2.75, 3.05) is 5.32 Å². The Bertz CT molecular complexity index is 1020. The highest BCUT2D eigenvalue weighted by Crippen LogP contribution is 2.17. The zero-order valence-electron chi connectivity index (χ0n) is 13.6. The molecule has 0 saturated carbocycles. The minimum atomic E-state index is -0.453. The van der Waals surface area contributed by atoms with Gasteiger partial charge in [0.05, 0.1) is 10.8 Å².